The summed E-state index contributed by atoms with van der Waals surface area (Å²) in [6.45, 7) is 3.33. The Morgan fingerprint density at radius 2 is 2.12 bits per heavy atom. The number of carbonyl (C=O) groups is 1. The minimum atomic E-state index is -1.02. The number of rotatable bonds is 4. The highest BCUT2D eigenvalue weighted by molar-refractivity contribution is 9.10. The predicted molar refractivity (Wildman–Crippen MR) is 68.5 cm³/mol. The zero-order valence-electron chi connectivity index (χ0n) is 9.77. The lowest BCUT2D eigenvalue weighted by molar-refractivity contribution is -0.119. The summed E-state index contributed by atoms with van der Waals surface area (Å²) >= 11 is 3.36. The Morgan fingerprint density at radius 1 is 1.47 bits per heavy atom. The van der Waals surface area contributed by atoms with Crippen molar-refractivity contribution in [3.05, 3.63) is 33.8 Å². The van der Waals surface area contributed by atoms with Crippen LogP contribution in [0.1, 0.15) is 24.2 Å². The molecule has 0 radical (unpaired) electrons. The van der Waals surface area contributed by atoms with E-state index in [4.69, 9.17) is 0 Å². The highest BCUT2D eigenvalue weighted by Gasteiger charge is 2.18. The van der Waals surface area contributed by atoms with Crippen LogP contribution in [0.3, 0.4) is 0 Å². The summed E-state index contributed by atoms with van der Waals surface area (Å²) in [7, 11) is 0. The number of benzene rings is 1. The number of aliphatic hydroxyl groups excluding tert-OH is 2. The second-order valence-corrected chi connectivity index (χ2v) is 4.81. The molecule has 2 unspecified atom stereocenters. The molecule has 3 N–H and O–H groups in total. The van der Waals surface area contributed by atoms with Crippen LogP contribution in [-0.4, -0.2) is 28.8 Å². The average molecular weight is 302 g/mol. The van der Waals surface area contributed by atoms with E-state index in [2.05, 4.69) is 21.2 Å². The lowest BCUT2D eigenvalue weighted by atomic mass is 10.0. The first-order valence-corrected chi connectivity index (χ1v) is 6.07. The molecule has 0 aliphatic heterocycles. The monoisotopic (exact) mass is 301 g/mol. The molecule has 0 spiro atoms. The van der Waals surface area contributed by atoms with Crippen molar-refractivity contribution in [1.82, 2.24) is 5.32 Å². The number of carbonyl (C=O) groups excluding carboxylic acids is 1. The van der Waals surface area contributed by atoms with Crippen LogP contribution >= 0.6 is 15.9 Å². The van der Waals surface area contributed by atoms with Gasteiger partial charge in [0.15, 0.2) is 0 Å². The van der Waals surface area contributed by atoms with Gasteiger partial charge in [0.25, 0.3) is 0 Å². The standard InChI is InChI=1S/C12H16BrNO3/c1-7-3-4-9(5-10(7)13)12(17)11(16)6-14-8(2)15/h3-5,11-12,16-17H,6H2,1-2H3,(H,14,15). The predicted octanol–water partition coefficient (Wildman–Crippen LogP) is 1.29. The molecule has 0 aliphatic carbocycles. The fourth-order valence-corrected chi connectivity index (χ4v) is 1.77. The molecule has 0 fully saturated rings. The van der Waals surface area contributed by atoms with E-state index in [1.165, 1.54) is 6.92 Å². The number of hydrogen-bond donors (Lipinski definition) is 3. The van der Waals surface area contributed by atoms with Crippen molar-refractivity contribution in [2.75, 3.05) is 6.54 Å². The molecule has 0 aliphatic rings. The Labute approximate surface area is 109 Å². The molecule has 94 valence electrons. The molecule has 0 bridgehead atoms. The van der Waals surface area contributed by atoms with E-state index in [1.807, 2.05) is 13.0 Å². The molecule has 0 saturated carbocycles. The van der Waals surface area contributed by atoms with Crippen molar-refractivity contribution in [2.45, 2.75) is 26.1 Å². The largest absolute Gasteiger partial charge is 0.388 e. The molecular weight excluding hydrogens is 286 g/mol. The van der Waals surface area contributed by atoms with Gasteiger partial charge in [0.1, 0.15) is 12.2 Å². The molecule has 4 nitrogen and oxygen atoms in total. The van der Waals surface area contributed by atoms with E-state index in [-0.39, 0.29) is 12.5 Å². The third kappa shape index (κ3) is 4.11. The summed E-state index contributed by atoms with van der Waals surface area (Å²) < 4.78 is 0.876. The summed E-state index contributed by atoms with van der Waals surface area (Å²) in [4.78, 5) is 10.7. The number of amides is 1. The Kier molecular flexibility index (Phi) is 5.11. The van der Waals surface area contributed by atoms with Crippen LogP contribution in [0.4, 0.5) is 0 Å². The van der Waals surface area contributed by atoms with Crippen LogP contribution in [0.25, 0.3) is 0 Å². The van der Waals surface area contributed by atoms with Crippen LogP contribution in [0.5, 0.6) is 0 Å². The molecule has 1 aromatic carbocycles. The lowest BCUT2D eigenvalue weighted by Gasteiger charge is -2.18. The number of aryl methyl sites for hydroxylation is 1. The van der Waals surface area contributed by atoms with Crippen molar-refractivity contribution in [3.63, 3.8) is 0 Å². The van der Waals surface area contributed by atoms with E-state index in [1.54, 1.807) is 12.1 Å². The van der Waals surface area contributed by atoms with Gasteiger partial charge in [0.05, 0.1) is 0 Å². The van der Waals surface area contributed by atoms with E-state index in [0.717, 1.165) is 10.0 Å². The summed E-state index contributed by atoms with van der Waals surface area (Å²) in [5.41, 5.74) is 1.66. The molecular formula is C12H16BrNO3. The van der Waals surface area contributed by atoms with Crippen LogP contribution in [0.15, 0.2) is 22.7 Å². The maximum absolute atomic E-state index is 10.7. The van der Waals surface area contributed by atoms with E-state index < -0.39 is 12.2 Å². The van der Waals surface area contributed by atoms with Gasteiger partial charge in [-0.1, -0.05) is 28.1 Å². The maximum atomic E-state index is 10.7. The molecule has 0 saturated heterocycles. The van der Waals surface area contributed by atoms with Gasteiger partial charge >= 0.3 is 0 Å². The maximum Gasteiger partial charge on any atom is 0.216 e. The molecule has 1 amide bonds. The quantitative estimate of drug-likeness (QED) is 0.785. The third-order valence-electron chi connectivity index (χ3n) is 2.46. The lowest BCUT2D eigenvalue weighted by Crippen LogP contribution is -2.34. The number of nitrogens with one attached hydrogen (secondary N) is 1. The summed E-state index contributed by atoms with van der Waals surface area (Å²) in [5.74, 6) is -0.235. The first-order valence-electron chi connectivity index (χ1n) is 5.28. The third-order valence-corrected chi connectivity index (χ3v) is 3.32. The molecule has 1 aromatic rings. The number of aliphatic hydroxyl groups is 2. The second-order valence-electron chi connectivity index (χ2n) is 3.96. The van der Waals surface area contributed by atoms with Crippen LogP contribution in [0, 0.1) is 6.92 Å². The Bertz CT molecular complexity index is 409. The van der Waals surface area contributed by atoms with Crippen molar-refractivity contribution in [1.29, 1.82) is 0 Å². The van der Waals surface area contributed by atoms with E-state index >= 15 is 0 Å². The first kappa shape index (κ1) is 14.2. The van der Waals surface area contributed by atoms with Gasteiger partial charge in [-0.25, -0.2) is 0 Å². The molecule has 1 rings (SSSR count). The zero-order chi connectivity index (χ0) is 13.0. The number of halogens is 1. The van der Waals surface area contributed by atoms with Gasteiger partial charge in [-0.15, -0.1) is 0 Å². The Balaban J connectivity index is 2.70. The van der Waals surface area contributed by atoms with Gasteiger partial charge < -0.3 is 15.5 Å². The van der Waals surface area contributed by atoms with Gasteiger partial charge in [0, 0.05) is 17.9 Å². The summed E-state index contributed by atoms with van der Waals surface area (Å²) in [6.07, 6.45) is -2.03. The van der Waals surface area contributed by atoms with E-state index in [9.17, 15) is 15.0 Å². The minimum absolute atomic E-state index is 0.0298. The highest BCUT2D eigenvalue weighted by atomic mass is 79.9. The van der Waals surface area contributed by atoms with Gasteiger partial charge in [0.2, 0.25) is 5.91 Å². The minimum Gasteiger partial charge on any atom is -0.388 e. The van der Waals surface area contributed by atoms with Crippen molar-refractivity contribution >= 4 is 21.8 Å². The van der Waals surface area contributed by atoms with Crippen LogP contribution in [-0.2, 0) is 4.79 Å². The Morgan fingerprint density at radius 3 is 2.65 bits per heavy atom. The normalized spacial score (nSPS) is 14.2. The topological polar surface area (TPSA) is 69.6 Å². The van der Waals surface area contributed by atoms with Gasteiger partial charge in [-0.05, 0) is 24.1 Å². The van der Waals surface area contributed by atoms with Crippen molar-refractivity contribution in [2.24, 2.45) is 0 Å². The van der Waals surface area contributed by atoms with Crippen LogP contribution < -0.4 is 5.32 Å². The first-order chi connectivity index (χ1) is 7.91. The van der Waals surface area contributed by atoms with Gasteiger partial charge in [-0.3, -0.25) is 4.79 Å². The van der Waals surface area contributed by atoms with Crippen LogP contribution in [0.2, 0.25) is 0 Å². The van der Waals surface area contributed by atoms with E-state index in [0.29, 0.717) is 5.56 Å². The molecule has 17 heavy (non-hydrogen) atoms. The van der Waals surface area contributed by atoms with Crippen molar-refractivity contribution in [3.8, 4) is 0 Å². The second kappa shape index (κ2) is 6.14. The molecule has 0 aromatic heterocycles. The Hall–Kier alpha value is -0.910. The molecule has 5 heteroatoms. The SMILES string of the molecule is CC(=O)NCC(O)C(O)c1ccc(C)c(Br)c1. The average Bonchev–Trinajstić information content (AvgIpc) is 2.28. The fraction of sp³-hybridized carbons (Fsp3) is 0.417. The number of hydrogen-bond acceptors (Lipinski definition) is 3. The molecule has 2 atom stereocenters. The zero-order valence-corrected chi connectivity index (χ0v) is 11.4. The highest BCUT2D eigenvalue weighted by Crippen LogP contribution is 2.23. The van der Waals surface area contributed by atoms with Crippen molar-refractivity contribution < 1.29 is 15.0 Å². The molecule has 0 heterocycles. The van der Waals surface area contributed by atoms with Gasteiger partial charge in [-0.2, -0.15) is 0 Å². The smallest absolute Gasteiger partial charge is 0.216 e. The summed E-state index contributed by atoms with van der Waals surface area (Å²) in [6, 6.07) is 5.37. The summed E-state index contributed by atoms with van der Waals surface area (Å²) in [5, 5.41) is 22.1. The fourth-order valence-electron chi connectivity index (χ4n) is 1.38.